The molecule has 26 heavy (non-hydrogen) atoms. The molecule has 1 saturated heterocycles. The highest BCUT2D eigenvalue weighted by atomic mass is 16.5. The molecule has 4 rings (SSSR count). The number of ketones is 1. The zero-order valence-electron chi connectivity index (χ0n) is 14.7. The second-order valence-corrected chi connectivity index (χ2v) is 7.33. The summed E-state index contributed by atoms with van der Waals surface area (Å²) in [4.78, 5) is 38.4. The number of carbonyl (C=O) groups is 3. The molecule has 0 radical (unpaired) electrons. The Labute approximate surface area is 152 Å². The Morgan fingerprint density at radius 1 is 1.08 bits per heavy atom. The van der Waals surface area contributed by atoms with Crippen molar-refractivity contribution in [2.45, 2.75) is 32.1 Å². The summed E-state index contributed by atoms with van der Waals surface area (Å²) in [6, 6.07) is 5.33. The quantitative estimate of drug-likeness (QED) is 0.595. The van der Waals surface area contributed by atoms with Crippen molar-refractivity contribution in [1.29, 1.82) is 0 Å². The zero-order valence-corrected chi connectivity index (χ0v) is 14.7. The first-order valence-corrected chi connectivity index (χ1v) is 9.36. The molecule has 6 heteroatoms. The van der Waals surface area contributed by atoms with Gasteiger partial charge in [0.05, 0.1) is 12.5 Å². The lowest BCUT2D eigenvalue weighted by molar-refractivity contribution is -0.150. The van der Waals surface area contributed by atoms with Gasteiger partial charge >= 0.3 is 5.97 Å². The molecule has 6 nitrogen and oxygen atoms in total. The maximum Gasteiger partial charge on any atom is 0.309 e. The number of likely N-dealkylation sites (tertiary alicyclic amines) is 1. The first-order valence-electron chi connectivity index (χ1n) is 9.36. The van der Waals surface area contributed by atoms with Crippen LogP contribution in [0.2, 0.25) is 0 Å². The average molecular weight is 357 g/mol. The number of esters is 1. The minimum Gasteiger partial charge on any atom is -0.493 e. The minimum absolute atomic E-state index is 0.200. The molecule has 1 aromatic carbocycles. The lowest BCUT2D eigenvalue weighted by atomic mass is 9.96. The zero-order chi connectivity index (χ0) is 18.1. The van der Waals surface area contributed by atoms with Crippen molar-refractivity contribution in [3.63, 3.8) is 0 Å². The second kappa shape index (κ2) is 7.09. The van der Waals surface area contributed by atoms with Crippen LogP contribution in [0, 0.1) is 11.8 Å². The summed E-state index contributed by atoms with van der Waals surface area (Å²) in [7, 11) is 0. The van der Waals surface area contributed by atoms with Gasteiger partial charge in [0, 0.05) is 31.0 Å². The molecule has 1 aliphatic carbocycles. The first-order chi connectivity index (χ1) is 12.6. The lowest BCUT2D eigenvalue weighted by Crippen LogP contribution is -2.41. The van der Waals surface area contributed by atoms with E-state index in [9.17, 15) is 14.4 Å². The summed E-state index contributed by atoms with van der Waals surface area (Å²) in [5.74, 6) is 0.516. The molecule has 2 heterocycles. The number of fused-ring (bicyclic) bond motifs is 1. The summed E-state index contributed by atoms with van der Waals surface area (Å²) in [6.07, 6.45) is 4.02. The summed E-state index contributed by atoms with van der Waals surface area (Å²) >= 11 is 0. The number of carbonyl (C=O) groups excluding carboxylic acids is 3. The van der Waals surface area contributed by atoms with Gasteiger partial charge in [-0.1, -0.05) is 0 Å². The third-order valence-electron chi connectivity index (χ3n) is 5.42. The van der Waals surface area contributed by atoms with Gasteiger partial charge < -0.3 is 14.4 Å². The number of hydrogen-bond donors (Lipinski definition) is 0. The monoisotopic (exact) mass is 357 g/mol. The summed E-state index contributed by atoms with van der Waals surface area (Å²) in [5, 5.41) is 0. The van der Waals surface area contributed by atoms with Gasteiger partial charge in [0.1, 0.15) is 5.75 Å². The summed E-state index contributed by atoms with van der Waals surface area (Å²) < 4.78 is 10.7. The van der Waals surface area contributed by atoms with E-state index in [4.69, 9.17) is 9.47 Å². The molecule has 1 amide bonds. The van der Waals surface area contributed by atoms with E-state index in [0.29, 0.717) is 38.1 Å². The standard InChI is InChI=1S/C20H23NO5/c22-17(15-3-4-18-16(11-15)7-10-25-18)12-26-20(24)14-5-8-21(9-6-14)19(23)13-1-2-13/h3-4,11,13-14H,1-2,5-10,12H2. The van der Waals surface area contributed by atoms with Crippen LogP contribution < -0.4 is 4.74 Å². The second-order valence-electron chi connectivity index (χ2n) is 7.33. The maximum absolute atomic E-state index is 12.3. The predicted octanol–water partition coefficient (Wildman–Crippen LogP) is 2.00. The SMILES string of the molecule is O=C(COC(=O)C1CCN(C(=O)C2CC2)CC1)c1ccc2c(c1)CCO2. The van der Waals surface area contributed by atoms with E-state index in [-0.39, 0.29) is 36.1 Å². The highest BCUT2D eigenvalue weighted by Gasteiger charge is 2.36. The van der Waals surface area contributed by atoms with Crippen molar-refractivity contribution < 1.29 is 23.9 Å². The number of rotatable bonds is 5. The molecule has 0 N–H and O–H groups in total. The average Bonchev–Trinajstić information content (AvgIpc) is 3.42. The third-order valence-corrected chi connectivity index (χ3v) is 5.42. The molecule has 0 spiro atoms. The number of ether oxygens (including phenoxy) is 2. The minimum atomic E-state index is -0.332. The van der Waals surface area contributed by atoms with E-state index >= 15 is 0 Å². The van der Waals surface area contributed by atoms with Gasteiger partial charge in [0.15, 0.2) is 12.4 Å². The number of Topliss-reactive ketones (excluding diaryl/α,β-unsaturated/α-hetero) is 1. The van der Waals surface area contributed by atoms with E-state index in [1.165, 1.54) is 0 Å². The van der Waals surface area contributed by atoms with Gasteiger partial charge in [-0.25, -0.2) is 0 Å². The molecular formula is C20H23NO5. The Bertz CT molecular complexity index is 732. The fourth-order valence-electron chi connectivity index (χ4n) is 3.62. The summed E-state index contributed by atoms with van der Waals surface area (Å²) in [5.41, 5.74) is 1.57. The number of nitrogens with zero attached hydrogens (tertiary/aromatic N) is 1. The molecule has 0 bridgehead atoms. The number of piperidine rings is 1. The van der Waals surface area contributed by atoms with E-state index < -0.39 is 0 Å². The van der Waals surface area contributed by atoms with E-state index in [2.05, 4.69) is 0 Å². The predicted molar refractivity (Wildman–Crippen MR) is 93.0 cm³/mol. The highest BCUT2D eigenvalue weighted by molar-refractivity contribution is 5.98. The topological polar surface area (TPSA) is 72.9 Å². The molecule has 1 aromatic rings. The maximum atomic E-state index is 12.3. The van der Waals surface area contributed by atoms with Gasteiger partial charge in [0.2, 0.25) is 5.91 Å². The van der Waals surface area contributed by atoms with Crippen molar-refractivity contribution in [3.05, 3.63) is 29.3 Å². The van der Waals surface area contributed by atoms with Gasteiger partial charge in [-0.2, -0.15) is 0 Å². The van der Waals surface area contributed by atoms with Crippen molar-refractivity contribution in [3.8, 4) is 5.75 Å². The van der Waals surface area contributed by atoms with Crippen LogP contribution in [0.4, 0.5) is 0 Å². The fourth-order valence-corrected chi connectivity index (χ4v) is 3.62. The Morgan fingerprint density at radius 3 is 2.58 bits per heavy atom. The van der Waals surface area contributed by atoms with Gasteiger partial charge in [-0.3, -0.25) is 14.4 Å². The molecule has 0 atom stereocenters. The van der Waals surface area contributed by atoms with E-state index in [0.717, 1.165) is 30.6 Å². The highest BCUT2D eigenvalue weighted by Crippen LogP contribution is 2.32. The molecule has 2 aliphatic heterocycles. The molecule has 2 fully saturated rings. The normalized spacial score (nSPS) is 19.6. The number of amides is 1. The van der Waals surface area contributed by atoms with Gasteiger partial charge in [0.25, 0.3) is 0 Å². The van der Waals surface area contributed by atoms with Crippen molar-refractivity contribution in [2.24, 2.45) is 11.8 Å². The lowest BCUT2D eigenvalue weighted by Gasteiger charge is -2.31. The third kappa shape index (κ3) is 3.59. The molecule has 1 saturated carbocycles. The number of benzene rings is 1. The van der Waals surface area contributed by atoms with E-state index in [1.54, 1.807) is 12.1 Å². The van der Waals surface area contributed by atoms with Crippen LogP contribution in [0.25, 0.3) is 0 Å². The Hall–Kier alpha value is -2.37. The molecule has 0 aromatic heterocycles. The van der Waals surface area contributed by atoms with Crippen molar-refractivity contribution in [1.82, 2.24) is 4.90 Å². The van der Waals surface area contributed by atoms with Crippen LogP contribution in [-0.2, 0) is 20.7 Å². The van der Waals surface area contributed by atoms with Crippen LogP contribution in [-0.4, -0.2) is 48.9 Å². The molecular weight excluding hydrogens is 334 g/mol. The Morgan fingerprint density at radius 2 is 1.85 bits per heavy atom. The molecule has 138 valence electrons. The van der Waals surface area contributed by atoms with Crippen LogP contribution in [0.1, 0.15) is 41.6 Å². The fraction of sp³-hybridized carbons (Fsp3) is 0.550. The van der Waals surface area contributed by atoms with Crippen LogP contribution in [0.15, 0.2) is 18.2 Å². The van der Waals surface area contributed by atoms with Crippen molar-refractivity contribution in [2.75, 3.05) is 26.3 Å². The molecule has 3 aliphatic rings. The Kier molecular flexibility index (Phi) is 4.66. The van der Waals surface area contributed by atoms with Gasteiger partial charge in [-0.05, 0) is 49.4 Å². The largest absolute Gasteiger partial charge is 0.493 e. The summed E-state index contributed by atoms with van der Waals surface area (Å²) in [6.45, 7) is 1.62. The number of hydrogen-bond acceptors (Lipinski definition) is 5. The van der Waals surface area contributed by atoms with E-state index in [1.807, 2.05) is 11.0 Å². The first kappa shape index (κ1) is 17.1. The van der Waals surface area contributed by atoms with Crippen LogP contribution in [0.5, 0.6) is 5.75 Å². The van der Waals surface area contributed by atoms with Crippen LogP contribution in [0.3, 0.4) is 0 Å². The molecule has 0 unspecified atom stereocenters. The smallest absolute Gasteiger partial charge is 0.309 e. The van der Waals surface area contributed by atoms with Crippen LogP contribution >= 0.6 is 0 Å². The van der Waals surface area contributed by atoms with Gasteiger partial charge in [-0.15, -0.1) is 0 Å². The Balaban J connectivity index is 1.25. The van der Waals surface area contributed by atoms with Crippen molar-refractivity contribution >= 4 is 17.7 Å².